The highest BCUT2D eigenvalue weighted by atomic mass is 32.1. The van der Waals surface area contributed by atoms with Crippen molar-refractivity contribution in [2.24, 2.45) is 0 Å². The van der Waals surface area contributed by atoms with Crippen LogP contribution in [0.4, 0.5) is 8.78 Å². The SMILES string of the molecule is N#CCn1c(=O)n(-c2ccc(F)cc2F)c(=O)c2sccc21. The number of fused-ring (bicyclic) bond motifs is 1. The van der Waals surface area contributed by atoms with E-state index in [1.54, 1.807) is 11.4 Å². The van der Waals surface area contributed by atoms with Gasteiger partial charge in [-0.05, 0) is 23.6 Å². The molecule has 3 aromatic rings. The lowest BCUT2D eigenvalue weighted by atomic mass is 10.3. The number of halogens is 2. The number of hydrogen-bond acceptors (Lipinski definition) is 4. The van der Waals surface area contributed by atoms with Gasteiger partial charge in [0.2, 0.25) is 0 Å². The van der Waals surface area contributed by atoms with E-state index in [0.717, 1.165) is 28.0 Å². The fourth-order valence-electron chi connectivity index (χ4n) is 2.19. The highest BCUT2D eigenvalue weighted by molar-refractivity contribution is 7.17. The first kappa shape index (κ1) is 14.2. The van der Waals surface area contributed by atoms with E-state index in [1.807, 2.05) is 6.07 Å². The van der Waals surface area contributed by atoms with E-state index < -0.39 is 22.9 Å². The molecular weight excluding hydrogens is 312 g/mol. The van der Waals surface area contributed by atoms with Crippen molar-refractivity contribution < 1.29 is 8.78 Å². The number of hydrogen-bond donors (Lipinski definition) is 0. The van der Waals surface area contributed by atoms with Crippen LogP contribution in [0.3, 0.4) is 0 Å². The summed E-state index contributed by atoms with van der Waals surface area (Å²) in [5.74, 6) is -1.84. The van der Waals surface area contributed by atoms with Crippen molar-refractivity contribution in [3.8, 4) is 11.8 Å². The van der Waals surface area contributed by atoms with Crippen LogP contribution in [-0.4, -0.2) is 9.13 Å². The van der Waals surface area contributed by atoms with Crippen LogP contribution in [0.5, 0.6) is 0 Å². The maximum Gasteiger partial charge on any atom is 0.337 e. The molecule has 0 bridgehead atoms. The number of benzene rings is 1. The topological polar surface area (TPSA) is 67.8 Å². The summed E-state index contributed by atoms with van der Waals surface area (Å²) >= 11 is 1.08. The molecule has 0 spiro atoms. The maximum atomic E-state index is 13.9. The molecule has 0 amide bonds. The Morgan fingerprint density at radius 2 is 2.00 bits per heavy atom. The van der Waals surface area contributed by atoms with Gasteiger partial charge in [-0.1, -0.05) is 0 Å². The average molecular weight is 319 g/mol. The van der Waals surface area contributed by atoms with Gasteiger partial charge in [0, 0.05) is 6.07 Å². The van der Waals surface area contributed by atoms with Crippen LogP contribution in [0, 0.1) is 23.0 Å². The van der Waals surface area contributed by atoms with E-state index in [-0.39, 0.29) is 16.9 Å². The van der Waals surface area contributed by atoms with Gasteiger partial charge in [-0.3, -0.25) is 9.36 Å². The lowest BCUT2D eigenvalue weighted by Crippen LogP contribution is -2.38. The molecule has 0 saturated carbocycles. The van der Waals surface area contributed by atoms with Gasteiger partial charge in [-0.2, -0.15) is 5.26 Å². The van der Waals surface area contributed by atoms with Crippen molar-refractivity contribution in [1.82, 2.24) is 9.13 Å². The second kappa shape index (κ2) is 5.20. The van der Waals surface area contributed by atoms with Gasteiger partial charge in [0.1, 0.15) is 22.9 Å². The second-order valence-corrected chi connectivity index (χ2v) is 5.31. The van der Waals surface area contributed by atoms with Crippen molar-refractivity contribution in [1.29, 1.82) is 5.26 Å². The molecule has 0 unspecified atom stereocenters. The number of aromatic nitrogens is 2. The molecule has 0 atom stereocenters. The zero-order chi connectivity index (χ0) is 15.9. The minimum absolute atomic E-state index is 0.221. The molecule has 0 aliphatic heterocycles. The standard InChI is InChI=1S/C14H7F2N3O2S/c15-8-1-2-10(9(16)7-8)19-13(20)12-11(3-6-22-12)18(5-4-17)14(19)21/h1-3,6-7H,5H2. The van der Waals surface area contributed by atoms with Crippen LogP contribution >= 0.6 is 11.3 Å². The fourth-order valence-corrected chi connectivity index (χ4v) is 3.01. The van der Waals surface area contributed by atoms with Crippen molar-refractivity contribution in [2.45, 2.75) is 6.54 Å². The summed E-state index contributed by atoms with van der Waals surface area (Å²) < 4.78 is 28.9. The first-order valence-corrected chi connectivity index (χ1v) is 6.98. The number of nitriles is 1. The lowest BCUT2D eigenvalue weighted by molar-refractivity contribution is 0.572. The molecule has 110 valence electrons. The Balaban J connectivity index is 2.47. The molecule has 0 N–H and O–H groups in total. The predicted octanol–water partition coefficient (Wildman–Crippen LogP) is 2.02. The second-order valence-electron chi connectivity index (χ2n) is 4.40. The van der Waals surface area contributed by atoms with Gasteiger partial charge < -0.3 is 0 Å². The van der Waals surface area contributed by atoms with Crippen molar-refractivity contribution >= 4 is 21.6 Å². The van der Waals surface area contributed by atoms with Crippen molar-refractivity contribution in [3.63, 3.8) is 0 Å². The Morgan fingerprint density at radius 1 is 1.23 bits per heavy atom. The molecule has 3 rings (SSSR count). The third kappa shape index (κ3) is 2.03. The first-order valence-electron chi connectivity index (χ1n) is 6.10. The van der Waals surface area contributed by atoms with Crippen LogP contribution < -0.4 is 11.2 Å². The number of rotatable bonds is 2. The predicted molar refractivity (Wildman–Crippen MR) is 77.2 cm³/mol. The third-order valence-corrected chi connectivity index (χ3v) is 4.03. The molecule has 0 radical (unpaired) electrons. The van der Waals surface area contributed by atoms with Gasteiger partial charge in [0.25, 0.3) is 5.56 Å². The Kier molecular flexibility index (Phi) is 3.35. The maximum absolute atomic E-state index is 13.9. The van der Waals surface area contributed by atoms with E-state index in [0.29, 0.717) is 16.2 Å². The first-order chi connectivity index (χ1) is 10.5. The van der Waals surface area contributed by atoms with Crippen LogP contribution in [-0.2, 0) is 6.54 Å². The molecule has 8 heteroatoms. The molecule has 0 saturated heterocycles. The Bertz CT molecular complexity index is 1040. The molecule has 22 heavy (non-hydrogen) atoms. The summed E-state index contributed by atoms with van der Waals surface area (Å²) in [7, 11) is 0. The summed E-state index contributed by atoms with van der Waals surface area (Å²) in [6, 6.07) is 5.94. The van der Waals surface area contributed by atoms with Crippen LogP contribution in [0.2, 0.25) is 0 Å². The van der Waals surface area contributed by atoms with Gasteiger partial charge >= 0.3 is 5.69 Å². The molecule has 0 aliphatic carbocycles. The van der Waals surface area contributed by atoms with Crippen LogP contribution in [0.15, 0.2) is 39.2 Å². The molecular formula is C14H7F2N3O2S. The summed E-state index contributed by atoms with van der Waals surface area (Å²) in [5, 5.41) is 10.4. The van der Waals surface area contributed by atoms with E-state index in [9.17, 15) is 18.4 Å². The molecule has 0 fully saturated rings. The highest BCUT2D eigenvalue weighted by Gasteiger charge is 2.17. The lowest BCUT2D eigenvalue weighted by Gasteiger charge is -2.10. The van der Waals surface area contributed by atoms with E-state index in [1.165, 1.54) is 0 Å². The zero-order valence-corrected chi connectivity index (χ0v) is 11.7. The average Bonchev–Trinajstić information content (AvgIpc) is 2.95. The summed E-state index contributed by atoms with van der Waals surface area (Å²) in [6.45, 7) is -0.283. The quantitative estimate of drug-likeness (QED) is 0.726. The molecule has 2 heterocycles. The third-order valence-electron chi connectivity index (χ3n) is 3.13. The van der Waals surface area contributed by atoms with Crippen LogP contribution in [0.25, 0.3) is 15.9 Å². The smallest absolute Gasteiger partial charge is 0.278 e. The Hall–Kier alpha value is -2.79. The van der Waals surface area contributed by atoms with Gasteiger partial charge in [-0.25, -0.2) is 18.1 Å². The van der Waals surface area contributed by atoms with Gasteiger partial charge in [0.15, 0.2) is 0 Å². The minimum Gasteiger partial charge on any atom is -0.278 e. The van der Waals surface area contributed by atoms with Crippen molar-refractivity contribution in [3.05, 3.63) is 62.1 Å². The number of thiophene rings is 1. The van der Waals surface area contributed by atoms with E-state index in [2.05, 4.69) is 0 Å². The van der Waals surface area contributed by atoms with Gasteiger partial charge in [0.05, 0.1) is 17.3 Å². The number of nitrogens with zero attached hydrogens (tertiary/aromatic N) is 3. The highest BCUT2D eigenvalue weighted by Crippen LogP contribution is 2.17. The van der Waals surface area contributed by atoms with E-state index in [4.69, 9.17) is 5.26 Å². The Labute approximate surface area is 125 Å². The van der Waals surface area contributed by atoms with Crippen LogP contribution in [0.1, 0.15) is 0 Å². The fraction of sp³-hybridized carbons (Fsp3) is 0.0714. The normalized spacial score (nSPS) is 10.8. The minimum atomic E-state index is -1.03. The largest absolute Gasteiger partial charge is 0.337 e. The summed E-state index contributed by atoms with van der Waals surface area (Å²) in [4.78, 5) is 24.9. The van der Waals surface area contributed by atoms with E-state index >= 15 is 0 Å². The summed E-state index contributed by atoms with van der Waals surface area (Å²) in [5.41, 5.74) is -1.57. The Morgan fingerprint density at radius 3 is 2.68 bits per heavy atom. The van der Waals surface area contributed by atoms with Gasteiger partial charge in [-0.15, -0.1) is 11.3 Å². The van der Waals surface area contributed by atoms with Crippen molar-refractivity contribution in [2.75, 3.05) is 0 Å². The molecule has 1 aromatic carbocycles. The monoisotopic (exact) mass is 319 g/mol. The summed E-state index contributed by atoms with van der Waals surface area (Å²) in [6.07, 6.45) is 0. The molecule has 5 nitrogen and oxygen atoms in total. The molecule has 2 aromatic heterocycles. The molecule has 0 aliphatic rings. The zero-order valence-electron chi connectivity index (χ0n) is 10.9.